The number of aryl methyl sites for hydroxylation is 1. The number of nitrogens with zero attached hydrogens (tertiary/aromatic N) is 2. The molecule has 6 heteroatoms. The van der Waals surface area contributed by atoms with Crippen molar-refractivity contribution in [2.24, 2.45) is 0 Å². The Hall–Kier alpha value is -2.99. The van der Waals surface area contributed by atoms with Crippen LogP contribution in [0.4, 0.5) is 0 Å². The molecule has 0 aliphatic rings. The molecule has 25 heavy (non-hydrogen) atoms. The smallest absolute Gasteiger partial charge is 0.228 e. The van der Waals surface area contributed by atoms with Crippen molar-refractivity contribution < 1.29 is 18.7 Å². The van der Waals surface area contributed by atoms with Crippen molar-refractivity contribution in [1.29, 1.82) is 0 Å². The van der Waals surface area contributed by atoms with E-state index >= 15 is 0 Å². The van der Waals surface area contributed by atoms with E-state index in [9.17, 15) is 4.79 Å². The average Bonchev–Trinajstić information content (AvgIpc) is 2.97. The van der Waals surface area contributed by atoms with Gasteiger partial charge < -0.3 is 13.9 Å². The topological polar surface area (TPSA) is 74.5 Å². The first kappa shape index (κ1) is 16.9. The van der Waals surface area contributed by atoms with Crippen LogP contribution in [0.1, 0.15) is 11.5 Å². The number of aromatic nitrogens is 2. The number of pyridine rings is 1. The summed E-state index contributed by atoms with van der Waals surface area (Å²) in [5.74, 6) is 2.19. The van der Waals surface area contributed by atoms with Crippen LogP contribution in [-0.2, 0) is 16.0 Å². The van der Waals surface area contributed by atoms with E-state index in [-0.39, 0.29) is 18.8 Å². The molecule has 0 amide bonds. The lowest BCUT2D eigenvalue weighted by atomic mass is 10.2. The predicted octanol–water partition coefficient (Wildman–Crippen LogP) is 3.60. The first-order valence-electron chi connectivity index (χ1n) is 7.82. The summed E-state index contributed by atoms with van der Waals surface area (Å²) in [4.78, 5) is 20.4. The fourth-order valence-corrected chi connectivity index (χ4v) is 2.29. The Morgan fingerprint density at radius 3 is 2.64 bits per heavy atom. The normalized spacial score (nSPS) is 10.6. The van der Waals surface area contributed by atoms with E-state index < -0.39 is 0 Å². The highest BCUT2D eigenvalue weighted by atomic mass is 16.5. The molecule has 6 nitrogen and oxygen atoms in total. The summed E-state index contributed by atoms with van der Waals surface area (Å²) in [6, 6.07) is 13.0. The maximum absolute atomic E-state index is 11.7. The average molecular weight is 338 g/mol. The second-order valence-corrected chi connectivity index (χ2v) is 5.47. The van der Waals surface area contributed by atoms with Crippen LogP contribution in [0.2, 0.25) is 0 Å². The monoisotopic (exact) mass is 338 g/mol. The highest BCUT2D eigenvalue weighted by Gasteiger charge is 2.15. The Bertz CT molecular complexity index is 842. The third-order valence-electron chi connectivity index (χ3n) is 3.51. The van der Waals surface area contributed by atoms with E-state index in [0.717, 1.165) is 0 Å². The molecule has 0 unspecified atom stereocenters. The number of carbonyl (C=O) groups is 1. The number of rotatable bonds is 7. The molecule has 0 fully saturated rings. The summed E-state index contributed by atoms with van der Waals surface area (Å²) in [5.41, 5.74) is 1.33. The lowest BCUT2D eigenvalue weighted by molar-refractivity contribution is -0.122. The van der Waals surface area contributed by atoms with Crippen molar-refractivity contribution >= 4 is 5.78 Å². The number of benzene rings is 1. The van der Waals surface area contributed by atoms with Crippen molar-refractivity contribution in [3.05, 3.63) is 60.1 Å². The molecule has 2 aromatic heterocycles. The minimum Gasteiger partial charge on any atom is -0.441 e. The molecule has 0 aliphatic heterocycles. The molecule has 3 aromatic rings. The fourth-order valence-electron chi connectivity index (χ4n) is 2.29. The molecule has 3 rings (SSSR count). The zero-order valence-corrected chi connectivity index (χ0v) is 14.1. The van der Waals surface area contributed by atoms with E-state index in [1.54, 1.807) is 19.2 Å². The van der Waals surface area contributed by atoms with Crippen LogP contribution < -0.4 is 4.74 Å². The zero-order chi connectivity index (χ0) is 17.6. The first-order valence-corrected chi connectivity index (χ1v) is 7.82. The van der Waals surface area contributed by atoms with Gasteiger partial charge in [0.25, 0.3) is 0 Å². The van der Waals surface area contributed by atoms with Gasteiger partial charge in [0.05, 0.1) is 17.7 Å². The SMILES string of the molecule is COCC(=O)Cc1nc(-c2ccc(Oc3ccccc3)nc2)oc1C. The van der Waals surface area contributed by atoms with Crippen LogP contribution in [0.5, 0.6) is 11.6 Å². The molecule has 128 valence electrons. The molecule has 0 saturated carbocycles. The van der Waals surface area contributed by atoms with Crippen molar-refractivity contribution in [2.75, 3.05) is 13.7 Å². The number of Topliss-reactive ketones (excluding diaryl/α,β-unsaturated/α-hetero) is 1. The van der Waals surface area contributed by atoms with Crippen molar-refractivity contribution in [2.45, 2.75) is 13.3 Å². The Labute approximate surface area is 145 Å². The first-order chi connectivity index (χ1) is 12.2. The van der Waals surface area contributed by atoms with Crippen LogP contribution in [-0.4, -0.2) is 29.5 Å². The number of ether oxygens (including phenoxy) is 2. The highest BCUT2D eigenvalue weighted by Crippen LogP contribution is 2.24. The molecule has 1 aromatic carbocycles. The second-order valence-electron chi connectivity index (χ2n) is 5.47. The van der Waals surface area contributed by atoms with E-state index in [2.05, 4.69) is 9.97 Å². The molecule has 0 saturated heterocycles. The van der Waals surface area contributed by atoms with Crippen molar-refractivity contribution in [3.63, 3.8) is 0 Å². The number of ketones is 1. The van der Waals surface area contributed by atoms with Gasteiger partial charge in [-0.05, 0) is 25.1 Å². The van der Waals surface area contributed by atoms with Crippen LogP contribution in [0.25, 0.3) is 11.5 Å². The Morgan fingerprint density at radius 1 is 1.16 bits per heavy atom. The van der Waals surface area contributed by atoms with Crippen molar-refractivity contribution in [3.8, 4) is 23.1 Å². The molecule has 0 spiro atoms. The number of methoxy groups -OCH3 is 1. The minimum absolute atomic E-state index is 0.0461. The molecule has 0 atom stereocenters. The summed E-state index contributed by atoms with van der Waals surface area (Å²) in [6.45, 7) is 1.85. The van der Waals surface area contributed by atoms with E-state index in [1.165, 1.54) is 7.11 Å². The quantitative estimate of drug-likeness (QED) is 0.655. The molecular formula is C19H18N2O4. The highest BCUT2D eigenvalue weighted by molar-refractivity contribution is 5.81. The molecular weight excluding hydrogens is 320 g/mol. The van der Waals surface area contributed by atoms with E-state index in [0.29, 0.717) is 34.5 Å². The summed E-state index contributed by atoms with van der Waals surface area (Å²) in [5, 5.41) is 0. The van der Waals surface area contributed by atoms with Gasteiger partial charge in [-0.25, -0.2) is 9.97 Å². The Morgan fingerprint density at radius 2 is 1.96 bits per heavy atom. The van der Waals surface area contributed by atoms with Gasteiger partial charge in [-0.1, -0.05) is 18.2 Å². The maximum atomic E-state index is 11.7. The van der Waals surface area contributed by atoms with Crippen LogP contribution in [0.3, 0.4) is 0 Å². The summed E-state index contributed by atoms with van der Waals surface area (Å²) in [7, 11) is 1.49. The third kappa shape index (κ3) is 4.30. The Balaban J connectivity index is 1.73. The van der Waals surface area contributed by atoms with Crippen LogP contribution in [0.15, 0.2) is 53.1 Å². The lowest BCUT2D eigenvalue weighted by Gasteiger charge is -2.04. The summed E-state index contributed by atoms with van der Waals surface area (Å²) in [6.07, 6.45) is 1.82. The van der Waals surface area contributed by atoms with Gasteiger partial charge in [0, 0.05) is 19.4 Å². The molecule has 0 N–H and O–H groups in total. The molecule has 0 bridgehead atoms. The van der Waals surface area contributed by atoms with Crippen molar-refractivity contribution in [1.82, 2.24) is 9.97 Å². The lowest BCUT2D eigenvalue weighted by Crippen LogP contribution is -2.10. The van der Waals surface area contributed by atoms with Gasteiger partial charge >= 0.3 is 0 Å². The fraction of sp³-hybridized carbons (Fsp3) is 0.211. The van der Waals surface area contributed by atoms with Crippen LogP contribution >= 0.6 is 0 Å². The molecule has 0 radical (unpaired) electrons. The van der Waals surface area contributed by atoms with E-state index in [1.807, 2.05) is 36.4 Å². The minimum atomic E-state index is -0.0461. The maximum Gasteiger partial charge on any atom is 0.228 e. The number of carbonyl (C=O) groups excluding carboxylic acids is 1. The second kappa shape index (κ2) is 7.72. The number of para-hydroxylation sites is 1. The van der Waals surface area contributed by atoms with Gasteiger partial charge in [-0.2, -0.15) is 0 Å². The summed E-state index contributed by atoms with van der Waals surface area (Å²) >= 11 is 0. The van der Waals surface area contributed by atoms with Gasteiger partial charge in [-0.15, -0.1) is 0 Å². The Kier molecular flexibility index (Phi) is 5.20. The standard InChI is InChI=1S/C19H18N2O4/c1-13-17(10-15(22)12-23-2)21-19(24-13)14-8-9-18(20-11-14)25-16-6-4-3-5-7-16/h3-9,11H,10,12H2,1-2H3. The third-order valence-corrected chi connectivity index (χ3v) is 3.51. The molecule has 2 heterocycles. The summed E-state index contributed by atoms with van der Waals surface area (Å²) < 4.78 is 16.1. The number of oxazole rings is 1. The van der Waals surface area contributed by atoms with Gasteiger partial charge in [0.15, 0.2) is 5.78 Å². The van der Waals surface area contributed by atoms with Gasteiger partial charge in [0.2, 0.25) is 11.8 Å². The largest absolute Gasteiger partial charge is 0.441 e. The predicted molar refractivity (Wildman–Crippen MR) is 91.6 cm³/mol. The van der Waals surface area contributed by atoms with E-state index in [4.69, 9.17) is 13.9 Å². The zero-order valence-electron chi connectivity index (χ0n) is 14.1. The number of hydrogen-bond acceptors (Lipinski definition) is 6. The van der Waals surface area contributed by atoms with Gasteiger partial charge in [-0.3, -0.25) is 4.79 Å². The number of hydrogen-bond donors (Lipinski definition) is 0. The van der Waals surface area contributed by atoms with Gasteiger partial charge in [0.1, 0.15) is 18.1 Å². The molecule has 0 aliphatic carbocycles. The van der Waals surface area contributed by atoms with Crippen LogP contribution in [0, 0.1) is 6.92 Å².